The van der Waals surface area contributed by atoms with Gasteiger partial charge in [0.05, 0.1) is 18.3 Å². The highest BCUT2D eigenvalue weighted by atomic mass is 32.1. The van der Waals surface area contributed by atoms with E-state index in [4.69, 9.17) is 9.47 Å². The van der Waals surface area contributed by atoms with Crippen LogP contribution in [0.3, 0.4) is 0 Å². The summed E-state index contributed by atoms with van der Waals surface area (Å²) in [5.74, 6) is 0.370. The number of esters is 1. The molecule has 2 rings (SSSR count). The van der Waals surface area contributed by atoms with E-state index >= 15 is 0 Å². The first-order valence-corrected chi connectivity index (χ1v) is 9.40. The molecule has 7 heteroatoms. The normalized spacial score (nSPS) is 16.5. The van der Waals surface area contributed by atoms with E-state index in [2.05, 4.69) is 26.6 Å². The Labute approximate surface area is 148 Å². The molecule has 0 aliphatic carbocycles. The van der Waals surface area contributed by atoms with Crippen molar-refractivity contribution in [1.82, 2.24) is 13.6 Å². The van der Waals surface area contributed by atoms with Crippen molar-refractivity contribution in [3.8, 4) is 5.88 Å². The predicted octanol–water partition coefficient (Wildman–Crippen LogP) is 3.50. The molecule has 0 aromatic carbocycles. The number of aromatic nitrogens is 2. The Morgan fingerprint density at radius 1 is 1.38 bits per heavy atom. The molecule has 0 amide bonds. The fourth-order valence-electron chi connectivity index (χ4n) is 2.73. The Morgan fingerprint density at radius 3 is 2.96 bits per heavy atom. The molecule has 1 aromatic rings. The first-order valence-electron chi connectivity index (χ1n) is 8.67. The second-order valence-corrected chi connectivity index (χ2v) is 6.55. The van der Waals surface area contributed by atoms with Gasteiger partial charge >= 0.3 is 5.97 Å². The van der Waals surface area contributed by atoms with Crippen molar-refractivity contribution in [1.29, 1.82) is 0 Å². The summed E-state index contributed by atoms with van der Waals surface area (Å²) in [5.41, 5.74) is 1.92. The van der Waals surface area contributed by atoms with Crippen LogP contribution in [0.25, 0.3) is 5.57 Å². The fourth-order valence-corrected chi connectivity index (χ4v) is 3.26. The summed E-state index contributed by atoms with van der Waals surface area (Å²) in [6.45, 7) is 7.76. The van der Waals surface area contributed by atoms with E-state index in [0.717, 1.165) is 30.7 Å². The minimum Gasteiger partial charge on any atom is -0.475 e. The molecule has 0 fully saturated rings. The van der Waals surface area contributed by atoms with Gasteiger partial charge in [-0.1, -0.05) is 32.3 Å². The van der Waals surface area contributed by atoms with E-state index < -0.39 is 0 Å². The molecule has 24 heavy (non-hydrogen) atoms. The third-order valence-electron chi connectivity index (χ3n) is 4.03. The molecular weight excluding hydrogens is 326 g/mol. The van der Waals surface area contributed by atoms with Gasteiger partial charge in [0.25, 0.3) is 5.88 Å². The summed E-state index contributed by atoms with van der Waals surface area (Å²) in [7, 11) is 0. The van der Waals surface area contributed by atoms with Gasteiger partial charge < -0.3 is 9.47 Å². The molecule has 0 spiro atoms. The van der Waals surface area contributed by atoms with Gasteiger partial charge in [-0.3, -0.25) is 9.69 Å². The summed E-state index contributed by atoms with van der Waals surface area (Å²) in [6, 6.07) is 0. The molecule has 134 valence electrons. The van der Waals surface area contributed by atoms with Gasteiger partial charge in [-0.2, -0.15) is 4.37 Å². The molecule has 1 unspecified atom stereocenters. The lowest BCUT2D eigenvalue weighted by atomic mass is 10.1. The maximum Gasteiger partial charge on any atom is 0.304 e. The van der Waals surface area contributed by atoms with Crippen molar-refractivity contribution >= 4 is 23.3 Å². The lowest BCUT2D eigenvalue weighted by molar-refractivity contribution is -0.154. The number of ether oxygens (including phenoxy) is 2. The van der Waals surface area contributed by atoms with Crippen LogP contribution in [0.15, 0.2) is 6.08 Å². The lowest BCUT2D eigenvalue weighted by Crippen LogP contribution is -2.39. The van der Waals surface area contributed by atoms with Gasteiger partial charge in [-0.15, -0.1) is 4.37 Å². The Hall–Kier alpha value is -1.47. The van der Waals surface area contributed by atoms with Gasteiger partial charge in [0.2, 0.25) is 0 Å². The fraction of sp³-hybridized carbons (Fsp3) is 0.706. The quantitative estimate of drug-likeness (QED) is 0.500. The molecule has 1 aliphatic heterocycles. The number of hydrogen-bond acceptors (Lipinski definition) is 7. The summed E-state index contributed by atoms with van der Waals surface area (Å²) in [6.07, 6.45) is 7.51. The van der Waals surface area contributed by atoms with Crippen LogP contribution in [0.4, 0.5) is 0 Å². The third kappa shape index (κ3) is 5.56. The summed E-state index contributed by atoms with van der Waals surface area (Å²) in [5, 5.41) is 0. The van der Waals surface area contributed by atoms with Crippen molar-refractivity contribution < 1.29 is 14.3 Å². The highest BCUT2D eigenvalue weighted by Gasteiger charge is 2.24. The molecule has 0 saturated heterocycles. The van der Waals surface area contributed by atoms with Crippen molar-refractivity contribution in [3.63, 3.8) is 0 Å². The second-order valence-electron chi connectivity index (χ2n) is 6.02. The van der Waals surface area contributed by atoms with Crippen molar-refractivity contribution in [2.24, 2.45) is 0 Å². The van der Waals surface area contributed by atoms with Crippen LogP contribution in [-0.2, 0) is 9.53 Å². The number of nitrogens with zero attached hydrogens (tertiary/aromatic N) is 3. The molecule has 0 N–H and O–H groups in total. The van der Waals surface area contributed by atoms with E-state index in [1.165, 1.54) is 37.9 Å². The highest BCUT2D eigenvalue weighted by molar-refractivity contribution is 6.99. The van der Waals surface area contributed by atoms with Crippen molar-refractivity contribution in [2.75, 3.05) is 19.7 Å². The maximum atomic E-state index is 11.2. The lowest BCUT2D eigenvalue weighted by Gasteiger charge is -2.31. The molecule has 1 aromatic heterocycles. The van der Waals surface area contributed by atoms with Crippen LogP contribution >= 0.6 is 11.7 Å². The molecule has 1 atom stereocenters. The Kier molecular flexibility index (Phi) is 7.65. The van der Waals surface area contributed by atoms with Gasteiger partial charge in [-0.05, 0) is 25.3 Å². The first kappa shape index (κ1) is 18.9. The van der Waals surface area contributed by atoms with E-state index in [9.17, 15) is 4.79 Å². The smallest absolute Gasteiger partial charge is 0.304 e. The summed E-state index contributed by atoms with van der Waals surface area (Å²) < 4.78 is 19.8. The van der Waals surface area contributed by atoms with Gasteiger partial charge in [-0.25, -0.2) is 0 Å². The topological polar surface area (TPSA) is 64.6 Å². The molecular formula is C17H27N3O3S. The number of carbonyl (C=O) groups excluding carboxylic acids is 1. The standard InChI is InChI=1S/C17H27N3O3S/c1-4-5-6-7-11-22-17-16(18-24-19-17)15-9-8-10-20(12-15)13(2)23-14(3)21/h9,13H,4-8,10-12H2,1-3H3. The van der Waals surface area contributed by atoms with Crippen LogP contribution in [0, 0.1) is 0 Å². The summed E-state index contributed by atoms with van der Waals surface area (Å²) >= 11 is 1.18. The third-order valence-corrected chi connectivity index (χ3v) is 4.54. The molecule has 0 saturated carbocycles. The minimum absolute atomic E-state index is 0.240. The van der Waals surface area contributed by atoms with Crippen molar-refractivity contribution in [3.05, 3.63) is 11.8 Å². The van der Waals surface area contributed by atoms with Gasteiger partial charge in [0.15, 0.2) is 6.23 Å². The molecule has 1 aliphatic rings. The molecule has 6 nitrogen and oxygen atoms in total. The van der Waals surface area contributed by atoms with Gasteiger partial charge in [0.1, 0.15) is 5.69 Å². The van der Waals surface area contributed by atoms with E-state index in [0.29, 0.717) is 19.0 Å². The largest absolute Gasteiger partial charge is 0.475 e. The molecule has 2 heterocycles. The van der Waals surface area contributed by atoms with Crippen LogP contribution in [0.5, 0.6) is 5.88 Å². The Balaban J connectivity index is 1.92. The number of hydrogen-bond donors (Lipinski definition) is 0. The maximum absolute atomic E-state index is 11.2. The van der Waals surface area contributed by atoms with Crippen LogP contribution in [0.2, 0.25) is 0 Å². The monoisotopic (exact) mass is 353 g/mol. The SMILES string of the molecule is CCCCCCOc1nsnc1C1=CCCN(C(C)OC(C)=O)C1. The molecule has 0 bridgehead atoms. The van der Waals surface area contributed by atoms with Crippen LogP contribution in [-0.4, -0.2) is 45.5 Å². The van der Waals surface area contributed by atoms with E-state index in [1.54, 1.807) is 0 Å². The minimum atomic E-state index is -0.259. The van der Waals surface area contributed by atoms with Gasteiger partial charge in [0, 0.05) is 20.0 Å². The number of unbranched alkanes of at least 4 members (excludes halogenated alkanes) is 3. The van der Waals surface area contributed by atoms with Crippen LogP contribution < -0.4 is 4.74 Å². The second kappa shape index (κ2) is 9.74. The first-order chi connectivity index (χ1) is 11.6. The number of carbonyl (C=O) groups is 1. The Bertz CT molecular complexity index is 559. The average molecular weight is 353 g/mol. The molecule has 0 radical (unpaired) electrons. The zero-order chi connectivity index (χ0) is 17.4. The average Bonchev–Trinajstić information content (AvgIpc) is 3.02. The summed E-state index contributed by atoms with van der Waals surface area (Å²) in [4.78, 5) is 13.3. The zero-order valence-electron chi connectivity index (χ0n) is 14.8. The highest BCUT2D eigenvalue weighted by Crippen LogP contribution is 2.28. The van der Waals surface area contributed by atoms with E-state index in [1.807, 2.05) is 6.92 Å². The predicted molar refractivity (Wildman–Crippen MR) is 94.9 cm³/mol. The zero-order valence-corrected chi connectivity index (χ0v) is 15.6. The van der Waals surface area contributed by atoms with Crippen LogP contribution in [0.1, 0.15) is 58.6 Å². The Morgan fingerprint density at radius 2 is 2.21 bits per heavy atom. The van der Waals surface area contributed by atoms with E-state index in [-0.39, 0.29) is 12.2 Å². The number of rotatable bonds is 9. The van der Waals surface area contributed by atoms with Crippen molar-refractivity contribution in [2.45, 2.75) is 59.1 Å².